The van der Waals surface area contributed by atoms with Crippen LogP contribution in [-0.2, 0) is 14.6 Å². The van der Waals surface area contributed by atoms with Crippen molar-refractivity contribution in [2.75, 3.05) is 11.5 Å². The Bertz CT molecular complexity index is 588. The molecule has 6 heteroatoms. The standard InChI is InChI=1S/C15H21NO3S2/c17-15(12-7-9-21(18,19)10-12)16-14(11-4-1-2-5-11)13-6-3-8-20-13/h3,6,8,11-12,14H,1-2,4-5,7,9-10H2,(H,16,17). The Kier molecular flexibility index (Phi) is 4.36. The molecule has 0 spiro atoms. The molecule has 0 bridgehead atoms. The summed E-state index contributed by atoms with van der Waals surface area (Å²) in [5.41, 5.74) is 0. The first-order valence-corrected chi connectivity index (χ1v) is 10.3. The van der Waals surface area contributed by atoms with Crippen molar-refractivity contribution in [1.29, 1.82) is 0 Å². The van der Waals surface area contributed by atoms with Crippen LogP contribution in [0.2, 0.25) is 0 Å². The van der Waals surface area contributed by atoms with Gasteiger partial charge in [-0.3, -0.25) is 4.79 Å². The largest absolute Gasteiger partial charge is 0.348 e. The van der Waals surface area contributed by atoms with Gasteiger partial charge in [-0.25, -0.2) is 8.42 Å². The number of sulfone groups is 1. The Labute approximate surface area is 129 Å². The molecule has 21 heavy (non-hydrogen) atoms. The zero-order valence-electron chi connectivity index (χ0n) is 12.0. The highest BCUT2D eigenvalue weighted by molar-refractivity contribution is 7.91. The lowest BCUT2D eigenvalue weighted by atomic mass is 9.95. The van der Waals surface area contributed by atoms with Gasteiger partial charge in [0.15, 0.2) is 9.84 Å². The maximum Gasteiger partial charge on any atom is 0.224 e. The van der Waals surface area contributed by atoms with Gasteiger partial charge >= 0.3 is 0 Å². The van der Waals surface area contributed by atoms with Crippen molar-refractivity contribution in [3.63, 3.8) is 0 Å². The van der Waals surface area contributed by atoms with Crippen LogP contribution in [0.4, 0.5) is 0 Å². The average molecular weight is 327 g/mol. The van der Waals surface area contributed by atoms with Gasteiger partial charge in [-0.2, -0.15) is 0 Å². The van der Waals surface area contributed by atoms with Gasteiger partial charge in [0, 0.05) is 4.88 Å². The molecule has 2 unspecified atom stereocenters. The third-order valence-electron chi connectivity index (χ3n) is 4.62. The minimum Gasteiger partial charge on any atom is -0.348 e. The molecule has 0 radical (unpaired) electrons. The van der Waals surface area contributed by atoms with E-state index in [1.165, 1.54) is 17.7 Å². The van der Waals surface area contributed by atoms with Crippen molar-refractivity contribution < 1.29 is 13.2 Å². The molecule has 1 amide bonds. The number of thiophene rings is 1. The molecule has 1 aromatic heterocycles. The fourth-order valence-corrected chi connectivity index (χ4v) is 6.06. The summed E-state index contributed by atoms with van der Waals surface area (Å²) in [6, 6.07) is 4.14. The highest BCUT2D eigenvalue weighted by atomic mass is 32.2. The highest BCUT2D eigenvalue weighted by Gasteiger charge is 2.36. The van der Waals surface area contributed by atoms with Crippen LogP contribution in [-0.4, -0.2) is 25.8 Å². The molecule has 0 aromatic carbocycles. The summed E-state index contributed by atoms with van der Waals surface area (Å²) in [4.78, 5) is 13.6. The number of rotatable bonds is 4. The molecule has 1 saturated heterocycles. The molecule has 2 heterocycles. The van der Waals surface area contributed by atoms with E-state index in [1.54, 1.807) is 11.3 Å². The fourth-order valence-electron chi connectivity index (χ4n) is 3.45. The summed E-state index contributed by atoms with van der Waals surface area (Å²) < 4.78 is 23.1. The zero-order chi connectivity index (χ0) is 14.9. The van der Waals surface area contributed by atoms with Crippen LogP contribution in [0.25, 0.3) is 0 Å². The Morgan fingerprint density at radius 1 is 1.29 bits per heavy atom. The maximum atomic E-state index is 12.4. The number of hydrogen-bond acceptors (Lipinski definition) is 4. The van der Waals surface area contributed by atoms with Gasteiger partial charge in [0.1, 0.15) is 0 Å². The summed E-state index contributed by atoms with van der Waals surface area (Å²) in [7, 11) is -3.01. The Balaban J connectivity index is 1.71. The first kappa shape index (κ1) is 15.0. The van der Waals surface area contributed by atoms with Gasteiger partial charge in [-0.15, -0.1) is 11.3 Å². The van der Waals surface area contributed by atoms with Crippen LogP contribution in [0.3, 0.4) is 0 Å². The molecular formula is C15H21NO3S2. The number of amides is 1. The molecule has 1 saturated carbocycles. The van der Waals surface area contributed by atoms with E-state index in [2.05, 4.69) is 11.4 Å². The molecular weight excluding hydrogens is 306 g/mol. The molecule has 1 aromatic rings. The van der Waals surface area contributed by atoms with Crippen LogP contribution in [0, 0.1) is 11.8 Å². The number of nitrogens with one attached hydrogen (secondary N) is 1. The molecule has 2 atom stereocenters. The lowest BCUT2D eigenvalue weighted by molar-refractivity contribution is -0.125. The van der Waals surface area contributed by atoms with Crippen LogP contribution < -0.4 is 5.32 Å². The smallest absolute Gasteiger partial charge is 0.224 e. The SMILES string of the molecule is O=C(NC(c1cccs1)C1CCCC1)C1CCS(=O)(=O)C1. The third-order valence-corrected chi connectivity index (χ3v) is 7.35. The average Bonchev–Trinajstić information content (AvgIpc) is 3.17. The summed E-state index contributed by atoms with van der Waals surface area (Å²) >= 11 is 1.67. The van der Waals surface area contributed by atoms with Gasteiger partial charge < -0.3 is 5.32 Å². The van der Waals surface area contributed by atoms with Crippen molar-refractivity contribution in [3.8, 4) is 0 Å². The maximum absolute atomic E-state index is 12.4. The predicted octanol–water partition coefficient (Wildman–Crippen LogP) is 2.53. The lowest BCUT2D eigenvalue weighted by Crippen LogP contribution is -2.37. The molecule has 2 fully saturated rings. The summed E-state index contributed by atoms with van der Waals surface area (Å²) in [6.07, 6.45) is 5.20. The second-order valence-corrected chi connectivity index (χ2v) is 9.35. The molecule has 4 nitrogen and oxygen atoms in total. The molecule has 116 valence electrons. The van der Waals surface area contributed by atoms with E-state index in [4.69, 9.17) is 0 Å². The first-order chi connectivity index (χ1) is 10.1. The number of hydrogen-bond donors (Lipinski definition) is 1. The molecule has 1 aliphatic carbocycles. The highest BCUT2D eigenvalue weighted by Crippen LogP contribution is 2.37. The van der Waals surface area contributed by atoms with E-state index in [0.717, 1.165) is 12.8 Å². The van der Waals surface area contributed by atoms with E-state index in [-0.39, 0.29) is 29.4 Å². The van der Waals surface area contributed by atoms with Crippen LogP contribution in [0.1, 0.15) is 43.0 Å². The van der Waals surface area contributed by atoms with Crippen molar-refractivity contribution in [2.24, 2.45) is 11.8 Å². The van der Waals surface area contributed by atoms with Crippen LogP contribution >= 0.6 is 11.3 Å². The van der Waals surface area contributed by atoms with Gasteiger partial charge in [-0.1, -0.05) is 18.9 Å². The van der Waals surface area contributed by atoms with Crippen molar-refractivity contribution in [1.82, 2.24) is 5.32 Å². The second-order valence-electron chi connectivity index (χ2n) is 6.15. The summed E-state index contributed by atoms with van der Waals surface area (Å²) in [5.74, 6) is 0.213. The van der Waals surface area contributed by atoms with E-state index < -0.39 is 9.84 Å². The lowest BCUT2D eigenvalue weighted by Gasteiger charge is -2.25. The van der Waals surface area contributed by atoms with Gasteiger partial charge in [0.05, 0.1) is 23.5 Å². The Hall–Kier alpha value is -0.880. The van der Waals surface area contributed by atoms with Crippen molar-refractivity contribution >= 4 is 27.1 Å². The number of carbonyl (C=O) groups excluding carboxylic acids is 1. The Morgan fingerprint density at radius 2 is 2.05 bits per heavy atom. The minimum absolute atomic E-state index is 0.0145. The minimum atomic E-state index is -3.01. The fraction of sp³-hybridized carbons (Fsp3) is 0.667. The first-order valence-electron chi connectivity index (χ1n) is 7.59. The predicted molar refractivity (Wildman–Crippen MR) is 83.9 cm³/mol. The van der Waals surface area contributed by atoms with Crippen molar-refractivity contribution in [2.45, 2.75) is 38.1 Å². The van der Waals surface area contributed by atoms with Gasteiger partial charge in [0.25, 0.3) is 0 Å². The molecule has 1 aliphatic heterocycles. The van der Waals surface area contributed by atoms with Gasteiger partial charge in [0.2, 0.25) is 5.91 Å². The van der Waals surface area contributed by atoms with Gasteiger partial charge in [-0.05, 0) is 36.6 Å². The summed E-state index contributed by atoms with van der Waals surface area (Å²) in [5, 5.41) is 5.18. The Morgan fingerprint density at radius 3 is 2.62 bits per heavy atom. The van der Waals surface area contributed by atoms with Crippen LogP contribution in [0.15, 0.2) is 17.5 Å². The monoisotopic (exact) mass is 327 g/mol. The second kappa shape index (κ2) is 6.08. The van der Waals surface area contributed by atoms with Crippen molar-refractivity contribution in [3.05, 3.63) is 22.4 Å². The van der Waals surface area contributed by atoms with E-state index >= 15 is 0 Å². The van der Waals surface area contributed by atoms with E-state index in [9.17, 15) is 13.2 Å². The topological polar surface area (TPSA) is 63.2 Å². The zero-order valence-corrected chi connectivity index (χ0v) is 13.6. The van der Waals surface area contributed by atoms with Crippen LogP contribution in [0.5, 0.6) is 0 Å². The van der Waals surface area contributed by atoms with E-state index in [1.807, 2.05) is 11.4 Å². The molecule has 3 rings (SSSR count). The normalized spacial score (nSPS) is 26.8. The molecule has 1 N–H and O–H groups in total. The quantitative estimate of drug-likeness (QED) is 0.924. The number of carbonyl (C=O) groups is 1. The third kappa shape index (κ3) is 3.48. The summed E-state index contributed by atoms with van der Waals surface area (Å²) in [6.45, 7) is 0. The van der Waals surface area contributed by atoms with E-state index in [0.29, 0.717) is 12.3 Å². The molecule has 2 aliphatic rings.